The van der Waals surface area contributed by atoms with E-state index in [1.807, 2.05) is 11.9 Å². The summed E-state index contributed by atoms with van der Waals surface area (Å²) >= 11 is 2.00. The van der Waals surface area contributed by atoms with Crippen molar-refractivity contribution in [2.75, 3.05) is 0 Å². The Kier molecular flexibility index (Phi) is 8.26. The van der Waals surface area contributed by atoms with E-state index in [4.69, 9.17) is 0 Å². The molecule has 1 N–H and O–H groups in total. The van der Waals surface area contributed by atoms with Crippen LogP contribution in [0.2, 0.25) is 0 Å². The third-order valence-electron chi connectivity index (χ3n) is 6.75. The molecular formula is C27H39NS. The zero-order valence-corrected chi connectivity index (χ0v) is 19.7. The molecule has 3 rings (SSSR count). The van der Waals surface area contributed by atoms with Crippen LogP contribution in [0.3, 0.4) is 0 Å². The van der Waals surface area contributed by atoms with E-state index in [0.29, 0.717) is 17.2 Å². The van der Waals surface area contributed by atoms with Crippen LogP contribution in [0.25, 0.3) is 5.57 Å². The lowest BCUT2D eigenvalue weighted by molar-refractivity contribution is 0.422. The van der Waals surface area contributed by atoms with Crippen LogP contribution in [0, 0.1) is 12.8 Å². The van der Waals surface area contributed by atoms with Gasteiger partial charge >= 0.3 is 0 Å². The maximum absolute atomic E-state index is 4.23. The summed E-state index contributed by atoms with van der Waals surface area (Å²) in [5.74, 6) is 0.623. The lowest BCUT2D eigenvalue weighted by atomic mass is 9.80. The van der Waals surface area contributed by atoms with Crippen molar-refractivity contribution in [3.63, 3.8) is 0 Å². The van der Waals surface area contributed by atoms with E-state index in [0.717, 1.165) is 6.42 Å². The summed E-state index contributed by atoms with van der Waals surface area (Å²) in [4.78, 5) is 0. The highest BCUT2D eigenvalue weighted by Crippen LogP contribution is 2.40. The average molecular weight is 410 g/mol. The zero-order chi connectivity index (χ0) is 20.8. The second kappa shape index (κ2) is 10.7. The van der Waals surface area contributed by atoms with Gasteiger partial charge in [0, 0.05) is 11.3 Å². The number of rotatable bonds is 7. The summed E-state index contributed by atoms with van der Waals surface area (Å²) in [6, 6.07) is 9.55. The standard InChI is InChI=1S/C27H39NS/c1-19(2)17-26(25-14-10-9-11-20(25)3)22(5)23-16-15-21(4)27(18-23)29-28-24-12-7-6-8-13-24/h9-11,14-15,23-24,27-28H,1,6-8,12-13,16-18H2,2-5H3/b26-22+. The molecule has 1 aromatic carbocycles. The molecule has 0 bridgehead atoms. The summed E-state index contributed by atoms with van der Waals surface area (Å²) in [5.41, 5.74) is 8.64. The minimum absolute atomic E-state index is 0.591. The van der Waals surface area contributed by atoms with Gasteiger partial charge in [-0.15, -0.1) is 0 Å². The highest BCUT2D eigenvalue weighted by Gasteiger charge is 2.26. The van der Waals surface area contributed by atoms with Gasteiger partial charge in [-0.05, 0) is 82.4 Å². The molecule has 1 fully saturated rings. The Hall–Kier alpha value is -1.25. The van der Waals surface area contributed by atoms with Gasteiger partial charge in [-0.25, -0.2) is 0 Å². The van der Waals surface area contributed by atoms with Gasteiger partial charge in [-0.1, -0.05) is 84.9 Å². The van der Waals surface area contributed by atoms with Crippen LogP contribution in [-0.2, 0) is 0 Å². The molecule has 1 aromatic rings. The van der Waals surface area contributed by atoms with E-state index in [9.17, 15) is 0 Å². The van der Waals surface area contributed by atoms with E-state index >= 15 is 0 Å². The Bertz CT molecular complexity index is 766. The first-order chi connectivity index (χ1) is 14.0. The number of hydrogen-bond acceptors (Lipinski definition) is 2. The van der Waals surface area contributed by atoms with Gasteiger partial charge in [-0.3, -0.25) is 4.72 Å². The maximum Gasteiger partial charge on any atom is 0.0405 e. The summed E-state index contributed by atoms with van der Waals surface area (Å²) in [6.45, 7) is 13.3. The third kappa shape index (κ3) is 6.12. The quantitative estimate of drug-likeness (QED) is 0.361. The van der Waals surface area contributed by atoms with Crippen LogP contribution in [0.5, 0.6) is 0 Å². The first kappa shape index (κ1) is 22.4. The van der Waals surface area contributed by atoms with Crippen molar-refractivity contribution in [2.45, 2.75) is 90.4 Å². The summed E-state index contributed by atoms with van der Waals surface area (Å²) in [6.07, 6.45) is 12.8. The molecule has 0 saturated heterocycles. The van der Waals surface area contributed by atoms with Crippen molar-refractivity contribution < 1.29 is 0 Å². The van der Waals surface area contributed by atoms with Gasteiger partial charge in [-0.2, -0.15) is 0 Å². The van der Waals surface area contributed by atoms with E-state index in [1.165, 1.54) is 67.2 Å². The lowest BCUT2D eigenvalue weighted by Gasteiger charge is -2.32. The van der Waals surface area contributed by atoms with Crippen molar-refractivity contribution in [1.29, 1.82) is 0 Å². The van der Waals surface area contributed by atoms with Crippen molar-refractivity contribution in [2.24, 2.45) is 5.92 Å². The summed E-state index contributed by atoms with van der Waals surface area (Å²) in [5, 5.41) is 0.591. The van der Waals surface area contributed by atoms with Gasteiger partial charge < -0.3 is 0 Å². The molecule has 2 heteroatoms. The Labute approximate surface area is 183 Å². The first-order valence-electron chi connectivity index (χ1n) is 11.4. The molecular weight excluding hydrogens is 370 g/mol. The Morgan fingerprint density at radius 3 is 2.52 bits per heavy atom. The molecule has 2 aliphatic carbocycles. The second-order valence-electron chi connectivity index (χ2n) is 9.29. The molecule has 0 spiro atoms. The average Bonchev–Trinajstić information content (AvgIpc) is 2.72. The van der Waals surface area contributed by atoms with Crippen molar-refractivity contribution in [1.82, 2.24) is 4.72 Å². The second-order valence-corrected chi connectivity index (χ2v) is 10.3. The smallest absolute Gasteiger partial charge is 0.0405 e. The maximum atomic E-state index is 4.23. The Morgan fingerprint density at radius 1 is 1.10 bits per heavy atom. The SMILES string of the molecule is C=C(C)C/C(=C(/C)C1CC=C(C)C(SNC2CCCCC2)C1)c1ccccc1C. The molecule has 0 heterocycles. The fourth-order valence-electron chi connectivity index (χ4n) is 4.80. The van der Waals surface area contributed by atoms with Crippen LogP contribution in [-0.4, -0.2) is 11.3 Å². The largest absolute Gasteiger partial charge is 0.261 e. The molecule has 0 aromatic heterocycles. The number of benzene rings is 1. The van der Waals surface area contributed by atoms with E-state index in [1.54, 1.807) is 11.1 Å². The predicted molar refractivity (Wildman–Crippen MR) is 131 cm³/mol. The number of aryl methyl sites for hydroxylation is 1. The molecule has 2 aliphatic rings. The number of hydrogen-bond donors (Lipinski definition) is 1. The van der Waals surface area contributed by atoms with Crippen LogP contribution in [0.1, 0.15) is 83.3 Å². The summed E-state index contributed by atoms with van der Waals surface area (Å²) < 4.78 is 3.83. The Morgan fingerprint density at radius 2 is 1.83 bits per heavy atom. The normalized spacial score (nSPS) is 24.1. The van der Waals surface area contributed by atoms with Crippen LogP contribution >= 0.6 is 11.9 Å². The first-order valence-corrected chi connectivity index (χ1v) is 12.3. The van der Waals surface area contributed by atoms with Gasteiger partial charge in [0.1, 0.15) is 0 Å². The van der Waals surface area contributed by atoms with Crippen LogP contribution in [0.15, 0.2) is 53.6 Å². The summed E-state index contributed by atoms with van der Waals surface area (Å²) in [7, 11) is 0. The molecule has 2 atom stereocenters. The highest BCUT2D eigenvalue weighted by molar-refractivity contribution is 7.98. The van der Waals surface area contributed by atoms with Crippen molar-refractivity contribution in [3.05, 3.63) is 64.8 Å². The molecule has 2 unspecified atom stereocenters. The molecule has 158 valence electrons. The van der Waals surface area contributed by atoms with Gasteiger partial charge in [0.05, 0.1) is 0 Å². The van der Waals surface area contributed by atoms with Crippen molar-refractivity contribution >= 4 is 17.5 Å². The van der Waals surface area contributed by atoms with Crippen LogP contribution < -0.4 is 4.72 Å². The topological polar surface area (TPSA) is 12.0 Å². The molecule has 1 saturated carbocycles. The predicted octanol–water partition coefficient (Wildman–Crippen LogP) is 8.03. The van der Waals surface area contributed by atoms with E-state index in [2.05, 4.69) is 69.3 Å². The monoisotopic (exact) mass is 409 g/mol. The van der Waals surface area contributed by atoms with E-state index in [-0.39, 0.29) is 0 Å². The minimum Gasteiger partial charge on any atom is -0.261 e. The third-order valence-corrected chi connectivity index (χ3v) is 8.07. The van der Waals surface area contributed by atoms with Gasteiger partial charge in [0.15, 0.2) is 0 Å². The number of nitrogens with one attached hydrogen (secondary N) is 1. The fourth-order valence-corrected chi connectivity index (χ4v) is 6.00. The van der Waals surface area contributed by atoms with Gasteiger partial charge in [0.2, 0.25) is 0 Å². The van der Waals surface area contributed by atoms with Crippen molar-refractivity contribution in [3.8, 4) is 0 Å². The van der Waals surface area contributed by atoms with Crippen LogP contribution in [0.4, 0.5) is 0 Å². The van der Waals surface area contributed by atoms with E-state index < -0.39 is 0 Å². The van der Waals surface area contributed by atoms with Gasteiger partial charge in [0.25, 0.3) is 0 Å². The minimum atomic E-state index is 0.591. The lowest BCUT2D eigenvalue weighted by Crippen LogP contribution is -2.29. The molecule has 0 aliphatic heterocycles. The zero-order valence-electron chi connectivity index (χ0n) is 18.9. The molecule has 29 heavy (non-hydrogen) atoms. The fraction of sp³-hybridized carbons (Fsp3) is 0.556. The highest BCUT2D eigenvalue weighted by atomic mass is 32.2. The number of allylic oxidation sites excluding steroid dienone is 4. The molecule has 1 nitrogen and oxygen atoms in total. The molecule has 0 amide bonds. The Balaban J connectivity index is 1.77. The molecule has 0 radical (unpaired) electrons.